The van der Waals surface area contributed by atoms with E-state index in [0.29, 0.717) is 0 Å². The molecule has 0 saturated carbocycles. The van der Waals surface area contributed by atoms with E-state index in [-0.39, 0.29) is 12.5 Å². The molecule has 0 atom stereocenters. The fourth-order valence-corrected chi connectivity index (χ4v) is 2.98. The molecular weight excluding hydrogens is 400 g/mol. The molecule has 0 aromatic heterocycles. The number of carbonyl (C=O) groups excluding carboxylic acids is 1. The third-order valence-electron chi connectivity index (χ3n) is 4.82. The first-order valence-corrected chi connectivity index (χ1v) is 9.96. The average molecular weight is 428 g/mol. The fraction of sp³-hybridized carbons (Fsp3) is 0.348. The lowest BCUT2D eigenvalue weighted by molar-refractivity contribution is -0.159. The van der Waals surface area contributed by atoms with Gasteiger partial charge in [-0.25, -0.2) is 9.59 Å². The van der Waals surface area contributed by atoms with Gasteiger partial charge in [0, 0.05) is 32.7 Å². The molecule has 166 valence electrons. The molecule has 1 aliphatic heterocycles. The second-order valence-electron chi connectivity index (χ2n) is 7.35. The first kappa shape index (κ1) is 23.9. The molecule has 1 aliphatic rings. The molecule has 0 spiro atoms. The van der Waals surface area contributed by atoms with Crippen LogP contribution in [0.15, 0.2) is 48.5 Å². The summed E-state index contributed by atoms with van der Waals surface area (Å²) in [6.07, 6.45) is 0. The van der Waals surface area contributed by atoms with Gasteiger partial charge in [0.2, 0.25) is 0 Å². The van der Waals surface area contributed by atoms with Crippen molar-refractivity contribution < 1.29 is 29.3 Å². The van der Waals surface area contributed by atoms with Crippen LogP contribution >= 0.6 is 0 Å². The summed E-state index contributed by atoms with van der Waals surface area (Å²) in [5.41, 5.74) is 3.80. The van der Waals surface area contributed by atoms with E-state index in [4.69, 9.17) is 24.5 Å². The van der Waals surface area contributed by atoms with E-state index in [9.17, 15) is 4.79 Å². The number of piperazine rings is 1. The van der Waals surface area contributed by atoms with Crippen molar-refractivity contribution in [1.82, 2.24) is 9.80 Å². The number of benzene rings is 2. The van der Waals surface area contributed by atoms with Gasteiger partial charge < -0.3 is 19.8 Å². The van der Waals surface area contributed by atoms with Crippen LogP contribution in [0.5, 0.6) is 5.75 Å². The van der Waals surface area contributed by atoms with Crippen LogP contribution in [0.25, 0.3) is 0 Å². The number of aliphatic carboxylic acids is 2. The van der Waals surface area contributed by atoms with Crippen molar-refractivity contribution in [3.8, 4) is 5.75 Å². The van der Waals surface area contributed by atoms with E-state index >= 15 is 0 Å². The van der Waals surface area contributed by atoms with Crippen LogP contribution in [-0.2, 0) is 20.9 Å². The lowest BCUT2D eigenvalue weighted by Crippen LogP contribution is -2.49. The molecule has 3 rings (SSSR count). The zero-order valence-electron chi connectivity index (χ0n) is 17.8. The second-order valence-corrected chi connectivity index (χ2v) is 7.35. The third-order valence-corrected chi connectivity index (χ3v) is 4.82. The number of rotatable bonds is 5. The van der Waals surface area contributed by atoms with E-state index in [2.05, 4.69) is 36.1 Å². The van der Waals surface area contributed by atoms with Gasteiger partial charge in [-0.3, -0.25) is 9.69 Å². The Morgan fingerprint density at radius 2 is 1.29 bits per heavy atom. The largest absolute Gasteiger partial charge is 0.484 e. The van der Waals surface area contributed by atoms with E-state index in [1.165, 1.54) is 16.7 Å². The summed E-state index contributed by atoms with van der Waals surface area (Å²) in [4.78, 5) is 34.8. The molecule has 0 unspecified atom stereocenters. The Hall–Kier alpha value is -3.39. The van der Waals surface area contributed by atoms with Gasteiger partial charge in [-0.2, -0.15) is 0 Å². The molecule has 0 aliphatic carbocycles. The molecule has 1 amide bonds. The molecule has 2 aromatic carbocycles. The van der Waals surface area contributed by atoms with Crippen molar-refractivity contribution in [1.29, 1.82) is 0 Å². The summed E-state index contributed by atoms with van der Waals surface area (Å²) in [7, 11) is 0. The van der Waals surface area contributed by atoms with Gasteiger partial charge in [0.1, 0.15) is 5.75 Å². The lowest BCUT2D eigenvalue weighted by Gasteiger charge is -2.34. The van der Waals surface area contributed by atoms with Crippen molar-refractivity contribution in [2.75, 3.05) is 32.8 Å². The molecule has 0 radical (unpaired) electrons. The average Bonchev–Trinajstić information content (AvgIpc) is 2.75. The summed E-state index contributed by atoms with van der Waals surface area (Å²) in [5.74, 6) is -2.84. The van der Waals surface area contributed by atoms with Crippen LogP contribution in [-0.4, -0.2) is 70.6 Å². The Labute approximate surface area is 181 Å². The van der Waals surface area contributed by atoms with E-state index in [1.54, 1.807) is 0 Å². The van der Waals surface area contributed by atoms with Crippen LogP contribution in [0.4, 0.5) is 0 Å². The van der Waals surface area contributed by atoms with Gasteiger partial charge in [-0.05, 0) is 31.5 Å². The molecule has 31 heavy (non-hydrogen) atoms. The molecule has 2 N–H and O–H groups in total. The van der Waals surface area contributed by atoms with E-state index in [0.717, 1.165) is 38.5 Å². The predicted molar refractivity (Wildman–Crippen MR) is 115 cm³/mol. The molecule has 1 fully saturated rings. The normalized spacial score (nSPS) is 13.7. The summed E-state index contributed by atoms with van der Waals surface area (Å²) in [5, 5.41) is 14.8. The number of hydrogen-bond acceptors (Lipinski definition) is 5. The number of carboxylic acid groups (broad SMARTS) is 2. The van der Waals surface area contributed by atoms with Crippen molar-refractivity contribution >= 4 is 17.8 Å². The maximum absolute atomic E-state index is 12.3. The first-order valence-electron chi connectivity index (χ1n) is 9.96. The number of carboxylic acids is 2. The Morgan fingerprint density at radius 1 is 0.806 bits per heavy atom. The number of ether oxygens (including phenoxy) is 1. The van der Waals surface area contributed by atoms with E-state index < -0.39 is 11.9 Å². The first-order chi connectivity index (χ1) is 14.7. The van der Waals surface area contributed by atoms with Crippen LogP contribution in [0, 0.1) is 13.8 Å². The van der Waals surface area contributed by atoms with Crippen LogP contribution in [0.2, 0.25) is 0 Å². The van der Waals surface area contributed by atoms with Gasteiger partial charge in [-0.1, -0.05) is 47.5 Å². The number of hydrogen-bond donors (Lipinski definition) is 2. The number of nitrogens with zero attached hydrogens (tertiary/aromatic N) is 2. The van der Waals surface area contributed by atoms with Gasteiger partial charge >= 0.3 is 11.9 Å². The Morgan fingerprint density at radius 3 is 1.77 bits per heavy atom. The minimum atomic E-state index is -1.82. The molecule has 1 saturated heterocycles. The zero-order chi connectivity index (χ0) is 22.8. The maximum atomic E-state index is 12.3. The molecule has 1 heterocycles. The highest BCUT2D eigenvalue weighted by Crippen LogP contribution is 2.13. The van der Waals surface area contributed by atoms with Gasteiger partial charge in [0.15, 0.2) is 6.61 Å². The minimum absolute atomic E-state index is 0.0653. The highest BCUT2D eigenvalue weighted by atomic mass is 16.5. The SMILES string of the molecule is Cc1ccc(CN2CCN(C(=O)COc3ccc(C)cc3)CC2)cc1.O=C(O)C(=O)O. The molecule has 2 aromatic rings. The monoisotopic (exact) mass is 428 g/mol. The van der Waals surface area contributed by atoms with Gasteiger partial charge in [-0.15, -0.1) is 0 Å². The topological polar surface area (TPSA) is 107 Å². The van der Waals surface area contributed by atoms with Crippen molar-refractivity contribution in [3.63, 3.8) is 0 Å². The minimum Gasteiger partial charge on any atom is -0.484 e. The Bertz CT molecular complexity index is 860. The van der Waals surface area contributed by atoms with Gasteiger partial charge in [0.25, 0.3) is 5.91 Å². The maximum Gasteiger partial charge on any atom is 0.414 e. The predicted octanol–water partition coefficient (Wildman–Crippen LogP) is 2.18. The van der Waals surface area contributed by atoms with Crippen molar-refractivity contribution in [2.45, 2.75) is 20.4 Å². The smallest absolute Gasteiger partial charge is 0.414 e. The summed E-state index contributed by atoms with van der Waals surface area (Å²) in [6, 6.07) is 16.5. The van der Waals surface area contributed by atoms with Crippen molar-refractivity contribution in [3.05, 3.63) is 65.2 Å². The number of amides is 1. The van der Waals surface area contributed by atoms with Gasteiger partial charge in [0.05, 0.1) is 0 Å². The zero-order valence-corrected chi connectivity index (χ0v) is 17.8. The summed E-state index contributed by atoms with van der Waals surface area (Å²) >= 11 is 0. The molecule has 8 heteroatoms. The Balaban J connectivity index is 0.000000501. The molecule has 8 nitrogen and oxygen atoms in total. The quantitative estimate of drug-likeness (QED) is 0.703. The Kier molecular flexibility index (Phi) is 9.02. The van der Waals surface area contributed by atoms with Crippen molar-refractivity contribution in [2.24, 2.45) is 0 Å². The molecule has 0 bridgehead atoms. The highest BCUT2D eigenvalue weighted by Gasteiger charge is 2.21. The fourth-order valence-electron chi connectivity index (χ4n) is 2.98. The number of carbonyl (C=O) groups is 3. The standard InChI is InChI=1S/C21H26N2O2.C2H2O4/c1-17-3-7-19(8-4-17)15-22-11-13-23(14-12-22)21(24)16-25-20-9-5-18(2)6-10-20;3-1(4)2(5)6/h3-10H,11-16H2,1-2H3;(H,3,4)(H,5,6). The van der Waals surface area contributed by atoms with Crippen LogP contribution < -0.4 is 4.74 Å². The van der Waals surface area contributed by atoms with E-state index in [1.807, 2.05) is 36.1 Å². The second kappa shape index (κ2) is 11.7. The molecular formula is C23H28N2O6. The number of aryl methyl sites for hydroxylation is 2. The summed E-state index contributed by atoms with van der Waals surface area (Å²) in [6.45, 7) is 8.54. The highest BCUT2D eigenvalue weighted by molar-refractivity contribution is 6.27. The van der Waals surface area contributed by atoms with Crippen LogP contribution in [0.3, 0.4) is 0 Å². The van der Waals surface area contributed by atoms with Crippen LogP contribution in [0.1, 0.15) is 16.7 Å². The summed E-state index contributed by atoms with van der Waals surface area (Å²) < 4.78 is 5.60. The third kappa shape index (κ3) is 8.47. The lowest BCUT2D eigenvalue weighted by atomic mass is 10.1.